The van der Waals surface area contributed by atoms with E-state index in [0.717, 1.165) is 44.9 Å². The van der Waals surface area contributed by atoms with Gasteiger partial charge in [-0.25, -0.2) is 0 Å². The number of unbranched alkanes of at least 4 members (excludes halogenated alkanes) is 28. The van der Waals surface area contributed by atoms with E-state index in [-0.39, 0.29) is 30.8 Å². The molecule has 1 saturated heterocycles. The van der Waals surface area contributed by atoms with Crippen LogP contribution in [0.4, 0.5) is 0 Å². The molecule has 1 heterocycles. The summed E-state index contributed by atoms with van der Waals surface area (Å²) in [6.07, 6.45) is 31.2. The van der Waals surface area contributed by atoms with Gasteiger partial charge in [0, 0.05) is 6.42 Å². The summed E-state index contributed by atoms with van der Waals surface area (Å²) in [4.78, 5) is 13.3. The van der Waals surface area contributed by atoms with Crippen LogP contribution in [0.5, 0.6) is 0 Å². The fraction of sp³-hybridized carbons (Fsp3) is 0.980. The number of carbonyl (C=O) groups excluding carboxylic acids is 1. The van der Waals surface area contributed by atoms with E-state index in [4.69, 9.17) is 9.47 Å². The van der Waals surface area contributed by atoms with Crippen molar-refractivity contribution in [3.05, 3.63) is 0 Å². The molecule has 1 rings (SSSR count). The van der Waals surface area contributed by atoms with Gasteiger partial charge in [-0.2, -0.15) is 0 Å². The quantitative estimate of drug-likeness (QED) is 0.0296. The van der Waals surface area contributed by atoms with Crippen molar-refractivity contribution >= 4 is 5.91 Å². The molecule has 7 N–H and O–H groups in total. The van der Waals surface area contributed by atoms with Crippen LogP contribution in [0, 0.1) is 11.8 Å². The molecule has 0 aromatic heterocycles. The maximum atomic E-state index is 13.3. The molecule has 1 fully saturated rings. The number of carbonyl (C=O) groups is 1. The van der Waals surface area contributed by atoms with E-state index >= 15 is 0 Å². The van der Waals surface area contributed by atoms with Crippen molar-refractivity contribution in [3.63, 3.8) is 0 Å². The maximum absolute atomic E-state index is 13.3. The van der Waals surface area contributed by atoms with E-state index in [1.807, 2.05) is 6.92 Å². The molecular weight excluding hydrogens is 759 g/mol. The molecule has 60 heavy (non-hydrogen) atoms. The van der Waals surface area contributed by atoms with Gasteiger partial charge in [0.25, 0.3) is 0 Å². The minimum Gasteiger partial charge on any atom is -0.394 e. The molecule has 10 nitrogen and oxygen atoms in total. The normalized spacial score (nSPS) is 22.1. The van der Waals surface area contributed by atoms with Gasteiger partial charge in [0.15, 0.2) is 6.29 Å². The maximum Gasteiger partial charge on any atom is 0.220 e. The van der Waals surface area contributed by atoms with Gasteiger partial charge >= 0.3 is 0 Å². The molecule has 0 aromatic carbocycles. The smallest absolute Gasteiger partial charge is 0.220 e. The predicted molar refractivity (Wildman–Crippen MR) is 246 cm³/mol. The second-order valence-corrected chi connectivity index (χ2v) is 18.9. The standard InChI is InChI=1S/C50H99NO9/c1-5-7-9-11-13-15-17-18-19-20-21-22-23-24-25-26-27-29-31-33-35-40(3)37-44(53)51-42(39-59-50-49(58)48(57)47(56)43(38-52)60-50)46(55)45(54)41(4)36-34-32-30-28-16-14-12-10-8-6-2/h40-43,45-50,52,54-58H,5-39H2,1-4H3,(H,51,53)/t40?,41?,42-,43?,45+,46-,47-,48-,49?,50+/m0/s1. The molecule has 0 radical (unpaired) electrons. The van der Waals surface area contributed by atoms with Gasteiger partial charge < -0.3 is 45.4 Å². The minimum absolute atomic E-state index is 0.143. The lowest BCUT2D eigenvalue weighted by Gasteiger charge is -2.40. The highest BCUT2D eigenvalue weighted by Gasteiger charge is 2.44. The van der Waals surface area contributed by atoms with Crippen LogP contribution >= 0.6 is 0 Å². The average Bonchev–Trinajstić information content (AvgIpc) is 3.24. The van der Waals surface area contributed by atoms with Gasteiger partial charge in [-0.3, -0.25) is 4.79 Å². The molecule has 10 heteroatoms. The summed E-state index contributed by atoms with van der Waals surface area (Å²) in [5.74, 6) is -0.338. The number of rotatable bonds is 42. The van der Waals surface area contributed by atoms with Crippen LogP contribution in [-0.4, -0.2) is 98.7 Å². The summed E-state index contributed by atoms with van der Waals surface area (Å²) in [6.45, 7) is 7.57. The Morgan fingerprint density at radius 3 is 1.33 bits per heavy atom. The van der Waals surface area contributed by atoms with Gasteiger partial charge in [-0.05, 0) is 18.3 Å². The van der Waals surface area contributed by atoms with Crippen molar-refractivity contribution in [1.82, 2.24) is 5.32 Å². The number of ether oxygens (including phenoxy) is 2. The van der Waals surface area contributed by atoms with Crippen molar-refractivity contribution in [1.29, 1.82) is 0 Å². The Balaban J connectivity index is 2.40. The number of aliphatic hydroxyl groups is 6. The molecule has 1 aliphatic heterocycles. The van der Waals surface area contributed by atoms with Crippen molar-refractivity contribution < 1.29 is 44.9 Å². The Hall–Kier alpha value is -0.850. The van der Waals surface area contributed by atoms with Crippen molar-refractivity contribution in [2.45, 2.75) is 289 Å². The van der Waals surface area contributed by atoms with E-state index in [0.29, 0.717) is 0 Å². The molecule has 0 spiro atoms. The van der Waals surface area contributed by atoms with Gasteiger partial charge in [-0.1, -0.05) is 227 Å². The van der Waals surface area contributed by atoms with Crippen LogP contribution in [0.1, 0.15) is 240 Å². The number of hydrogen-bond donors (Lipinski definition) is 7. The number of amides is 1. The van der Waals surface area contributed by atoms with Crippen LogP contribution in [0.25, 0.3) is 0 Å². The van der Waals surface area contributed by atoms with Gasteiger partial charge in [0.1, 0.15) is 30.5 Å². The van der Waals surface area contributed by atoms with Crippen LogP contribution in [-0.2, 0) is 14.3 Å². The number of nitrogens with one attached hydrogen (secondary N) is 1. The first-order chi connectivity index (χ1) is 29.1. The Labute approximate surface area is 368 Å². The lowest BCUT2D eigenvalue weighted by molar-refractivity contribution is -0.303. The van der Waals surface area contributed by atoms with E-state index in [2.05, 4.69) is 26.1 Å². The molecule has 1 aliphatic rings. The Kier molecular flexibility index (Phi) is 36.8. The molecule has 0 saturated carbocycles. The number of aliphatic hydroxyl groups excluding tert-OH is 6. The first-order valence-electron chi connectivity index (χ1n) is 25.6. The minimum atomic E-state index is -1.61. The third-order valence-corrected chi connectivity index (χ3v) is 13.1. The second-order valence-electron chi connectivity index (χ2n) is 18.9. The van der Waals surface area contributed by atoms with Gasteiger partial charge in [0.2, 0.25) is 5.91 Å². The predicted octanol–water partition coefficient (Wildman–Crippen LogP) is 10.2. The summed E-state index contributed by atoms with van der Waals surface area (Å²) in [5, 5.41) is 66.0. The van der Waals surface area contributed by atoms with Crippen molar-refractivity contribution in [3.8, 4) is 0 Å². The zero-order valence-corrected chi connectivity index (χ0v) is 39.4. The summed E-state index contributed by atoms with van der Waals surface area (Å²) >= 11 is 0. The zero-order valence-electron chi connectivity index (χ0n) is 39.4. The number of hydrogen-bond acceptors (Lipinski definition) is 9. The van der Waals surface area contributed by atoms with E-state index in [1.165, 1.54) is 161 Å². The fourth-order valence-corrected chi connectivity index (χ4v) is 8.76. The second kappa shape index (κ2) is 38.6. The van der Waals surface area contributed by atoms with Crippen molar-refractivity contribution in [2.75, 3.05) is 13.2 Å². The average molecular weight is 858 g/mol. The van der Waals surface area contributed by atoms with Crippen LogP contribution < -0.4 is 5.32 Å². The fourth-order valence-electron chi connectivity index (χ4n) is 8.76. The molecular formula is C50H99NO9. The van der Waals surface area contributed by atoms with Crippen LogP contribution in [0.2, 0.25) is 0 Å². The van der Waals surface area contributed by atoms with Crippen molar-refractivity contribution in [2.24, 2.45) is 11.8 Å². The first-order valence-corrected chi connectivity index (χ1v) is 25.6. The lowest BCUT2D eigenvalue weighted by Crippen LogP contribution is -2.60. The molecule has 0 aromatic rings. The SMILES string of the molecule is CCCCCCCCCCCCCCCCCCCCCCC(C)CC(=O)N[C@@H](CO[C@@H]1OC(CO)[C@H](O)[C@H](O)C1O)[C@H](O)[C@H](O)C(C)CCCCCCCCCCCC. The largest absolute Gasteiger partial charge is 0.394 e. The monoisotopic (exact) mass is 858 g/mol. The third-order valence-electron chi connectivity index (χ3n) is 13.1. The highest BCUT2D eigenvalue weighted by molar-refractivity contribution is 5.76. The van der Waals surface area contributed by atoms with E-state index < -0.39 is 55.6 Å². The first kappa shape index (κ1) is 57.2. The highest BCUT2D eigenvalue weighted by Crippen LogP contribution is 2.25. The molecule has 1 amide bonds. The summed E-state index contributed by atoms with van der Waals surface area (Å²) in [5.41, 5.74) is 0. The van der Waals surface area contributed by atoms with Gasteiger partial charge in [-0.15, -0.1) is 0 Å². The third kappa shape index (κ3) is 28.0. The van der Waals surface area contributed by atoms with Gasteiger partial charge in [0.05, 0.1) is 25.4 Å². The van der Waals surface area contributed by atoms with E-state index in [1.54, 1.807) is 0 Å². The highest BCUT2D eigenvalue weighted by atomic mass is 16.7. The molecule has 0 aliphatic carbocycles. The van der Waals surface area contributed by atoms with Crippen LogP contribution in [0.15, 0.2) is 0 Å². The Morgan fingerprint density at radius 1 is 0.550 bits per heavy atom. The Bertz CT molecular complexity index is 957. The zero-order chi connectivity index (χ0) is 44.2. The van der Waals surface area contributed by atoms with Crippen LogP contribution in [0.3, 0.4) is 0 Å². The summed E-state index contributed by atoms with van der Waals surface area (Å²) < 4.78 is 11.3. The molecule has 358 valence electrons. The van der Waals surface area contributed by atoms with E-state index in [9.17, 15) is 35.4 Å². The summed E-state index contributed by atoms with van der Waals surface area (Å²) in [6, 6.07) is -1.01. The lowest BCUT2D eigenvalue weighted by atomic mass is 9.90. The Morgan fingerprint density at radius 2 is 0.933 bits per heavy atom. The molecule has 0 bridgehead atoms. The topological polar surface area (TPSA) is 169 Å². The molecule has 4 unspecified atom stereocenters. The molecule has 10 atom stereocenters. The summed E-state index contributed by atoms with van der Waals surface area (Å²) in [7, 11) is 0.